The molecule has 0 aromatic heterocycles. The number of Topliss-reactive ketones (excluding diaryl/α,β-unsaturated/α-hetero) is 1. The highest BCUT2D eigenvalue weighted by Crippen LogP contribution is 2.17. The summed E-state index contributed by atoms with van der Waals surface area (Å²) in [6, 6.07) is 0. The number of carbonyl (C=O) groups excluding carboxylic acids is 1. The van der Waals surface area contributed by atoms with Crippen LogP contribution in [0.5, 0.6) is 0 Å². The predicted molar refractivity (Wildman–Crippen MR) is 52.5 cm³/mol. The first-order chi connectivity index (χ1) is 6.93. The molecule has 0 amide bonds. The average Bonchev–Trinajstić information content (AvgIpc) is 2.15. The number of carboxylic acid groups (broad SMARTS) is 2. The highest BCUT2D eigenvalue weighted by molar-refractivity contribution is 6.01. The number of hydrogen-bond acceptors (Lipinski definition) is 3. The van der Waals surface area contributed by atoms with E-state index in [-0.39, 0.29) is 5.92 Å². The van der Waals surface area contributed by atoms with E-state index in [9.17, 15) is 14.4 Å². The SMILES string of the molecule is CCC(CC)C(=O)C(CC(=O)O)C(=O)O. The van der Waals surface area contributed by atoms with Crippen LogP contribution in [0.15, 0.2) is 0 Å². The van der Waals surface area contributed by atoms with Gasteiger partial charge in [-0.15, -0.1) is 0 Å². The molecule has 86 valence electrons. The van der Waals surface area contributed by atoms with E-state index in [2.05, 4.69) is 0 Å². The van der Waals surface area contributed by atoms with Crippen LogP contribution in [-0.4, -0.2) is 27.9 Å². The number of aliphatic carboxylic acids is 2. The van der Waals surface area contributed by atoms with Gasteiger partial charge >= 0.3 is 11.9 Å². The third-order valence-corrected chi connectivity index (χ3v) is 2.41. The fourth-order valence-corrected chi connectivity index (χ4v) is 1.46. The van der Waals surface area contributed by atoms with E-state index in [1.807, 2.05) is 0 Å². The van der Waals surface area contributed by atoms with Gasteiger partial charge in [-0.25, -0.2) is 0 Å². The molecule has 0 spiro atoms. The van der Waals surface area contributed by atoms with Crippen LogP contribution in [0, 0.1) is 11.8 Å². The molecule has 1 atom stereocenters. The first-order valence-corrected chi connectivity index (χ1v) is 4.92. The summed E-state index contributed by atoms with van der Waals surface area (Å²) in [5.74, 6) is -4.86. The van der Waals surface area contributed by atoms with Gasteiger partial charge in [0, 0.05) is 5.92 Å². The van der Waals surface area contributed by atoms with Crippen LogP contribution < -0.4 is 0 Å². The largest absolute Gasteiger partial charge is 0.481 e. The first-order valence-electron chi connectivity index (χ1n) is 4.92. The molecule has 0 saturated heterocycles. The number of hydrogen-bond donors (Lipinski definition) is 2. The Morgan fingerprint density at radius 1 is 1.07 bits per heavy atom. The highest BCUT2D eigenvalue weighted by atomic mass is 16.4. The third kappa shape index (κ3) is 4.10. The Morgan fingerprint density at radius 3 is 1.80 bits per heavy atom. The zero-order valence-corrected chi connectivity index (χ0v) is 8.90. The second kappa shape index (κ2) is 6.16. The Kier molecular flexibility index (Phi) is 5.59. The maximum Gasteiger partial charge on any atom is 0.314 e. The van der Waals surface area contributed by atoms with Gasteiger partial charge in [-0.2, -0.15) is 0 Å². The van der Waals surface area contributed by atoms with Gasteiger partial charge in [-0.3, -0.25) is 14.4 Å². The lowest BCUT2D eigenvalue weighted by Crippen LogP contribution is -2.31. The summed E-state index contributed by atoms with van der Waals surface area (Å²) in [4.78, 5) is 32.8. The van der Waals surface area contributed by atoms with E-state index in [0.717, 1.165) is 0 Å². The summed E-state index contributed by atoms with van der Waals surface area (Å²) in [6.07, 6.45) is 0.447. The van der Waals surface area contributed by atoms with Crippen molar-refractivity contribution in [2.75, 3.05) is 0 Å². The van der Waals surface area contributed by atoms with Gasteiger partial charge in [0.1, 0.15) is 5.92 Å². The second-order valence-corrected chi connectivity index (χ2v) is 3.40. The van der Waals surface area contributed by atoms with Crippen LogP contribution in [0.4, 0.5) is 0 Å². The van der Waals surface area contributed by atoms with Gasteiger partial charge in [0.05, 0.1) is 6.42 Å². The maximum atomic E-state index is 11.6. The molecule has 0 saturated carbocycles. The van der Waals surface area contributed by atoms with Gasteiger partial charge in [0.25, 0.3) is 0 Å². The van der Waals surface area contributed by atoms with Crippen molar-refractivity contribution in [1.82, 2.24) is 0 Å². The van der Waals surface area contributed by atoms with Crippen molar-refractivity contribution in [2.24, 2.45) is 11.8 Å². The standard InChI is InChI=1S/C10H16O5/c1-3-6(4-2)9(13)7(10(14)15)5-8(11)12/h6-7H,3-5H2,1-2H3,(H,11,12)(H,14,15). The molecule has 0 fully saturated rings. The topological polar surface area (TPSA) is 91.7 Å². The van der Waals surface area contributed by atoms with Crippen LogP contribution in [0.2, 0.25) is 0 Å². The van der Waals surface area contributed by atoms with Crippen molar-refractivity contribution < 1.29 is 24.6 Å². The summed E-state index contributed by atoms with van der Waals surface area (Å²) in [5.41, 5.74) is 0. The molecular weight excluding hydrogens is 200 g/mol. The lowest BCUT2D eigenvalue weighted by Gasteiger charge is -2.15. The van der Waals surface area contributed by atoms with Crippen LogP contribution in [-0.2, 0) is 14.4 Å². The Balaban J connectivity index is 4.68. The molecule has 0 heterocycles. The number of carboxylic acids is 2. The van der Waals surface area contributed by atoms with Crippen LogP contribution in [0.1, 0.15) is 33.1 Å². The van der Waals surface area contributed by atoms with Crippen molar-refractivity contribution in [3.63, 3.8) is 0 Å². The van der Waals surface area contributed by atoms with Gasteiger partial charge in [-0.1, -0.05) is 13.8 Å². The fraction of sp³-hybridized carbons (Fsp3) is 0.700. The summed E-state index contributed by atoms with van der Waals surface area (Å²) < 4.78 is 0. The number of ketones is 1. The van der Waals surface area contributed by atoms with Crippen molar-refractivity contribution in [2.45, 2.75) is 33.1 Å². The monoisotopic (exact) mass is 216 g/mol. The molecule has 0 bridgehead atoms. The molecule has 5 nitrogen and oxygen atoms in total. The molecule has 0 aromatic carbocycles. The third-order valence-electron chi connectivity index (χ3n) is 2.41. The summed E-state index contributed by atoms with van der Waals surface area (Å²) in [7, 11) is 0. The molecule has 0 aliphatic carbocycles. The van der Waals surface area contributed by atoms with E-state index in [1.165, 1.54) is 0 Å². The predicted octanol–water partition coefficient (Wildman–Crippen LogP) is 1.17. The van der Waals surface area contributed by atoms with E-state index in [4.69, 9.17) is 10.2 Å². The molecule has 15 heavy (non-hydrogen) atoms. The zero-order chi connectivity index (χ0) is 12.0. The second-order valence-electron chi connectivity index (χ2n) is 3.40. The van der Waals surface area contributed by atoms with Gasteiger partial charge in [0.15, 0.2) is 5.78 Å². The molecule has 0 aromatic rings. The van der Waals surface area contributed by atoms with Crippen molar-refractivity contribution in [3.8, 4) is 0 Å². The van der Waals surface area contributed by atoms with Crippen molar-refractivity contribution in [1.29, 1.82) is 0 Å². The van der Waals surface area contributed by atoms with Gasteiger partial charge < -0.3 is 10.2 Å². The maximum absolute atomic E-state index is 11.6. The van der Waals surface area contributed by atoms with E-state index < -0.39 is 30.1 Å². The summed E-state index contributed by atoms with van der Waals surface area (Å²) in [5, 5.41) is 17.2. The molecule has 5 heteroatoms. The average molecular weight is 216 g/mol. The minimum Gasteiger partial charge on any atom is -0.481 e. The Labute approximate surface area is 88.1 Å². The lowest BCUT2D eigenvalue weighted by atomic mass is 9.87. The quantitative estimate of drug-likeness (QED) is 0.623. The van der Waals surface area contributed by atoms with Crippen LogP contribution in [0.3, 0.4) is 0 Å². The molecule has 2 N–H and O–H groups in total. The van der Waals surface area contributed by atoms with Crippen molar-refractivity contribution >= 4 is 17.7 Å². The van der Waals surface area contributed by atoms with Crippen molar-refractivity contribution in [3.05, 3.63) is 0 Å². The number of carbonyl (C=O) groups is 3. The summed E-state index contributed by atoms with van der Waals surface area (Å²) in [6.45, 7) is 3.57. The van der Waals surface area contributed by atoms with Gasteiger partial charge in [0.2, 0.25) is 0 Å². The smallest absolute Gasteiger partial charge is 0.314 e. The molecule has 0 radical (unpaired) electrons. The van der Waals surface area contributed by atoms with Crippen LogP contribution in [0.25, 0.3) is 0 Å². The normalized spacial score (nSPS) is 12.5. The zero-order valence-electron chi connectivity index (χ0n) is 8.90. The van der Waals surface area contributed by atoms with E-state index in [1.54, 1.807) is 13.8 Å². The van der Waals surface area contributed by atoms with Gasteiger partial charge in [-0.05, 0) is 12.8 Å². The lowest BCUT2D eigenvalue weighted by molar-refractivity contribution is -0.153. The molecule has 0 rings (SSSR count). The van der Waals surface area contributed by atoms with E-state index >= 15 is 0 Å². The summed E-state index contributed by atoms with van der Waals surface area (Å²) >= 11 is 0. The molecular formula is C10H16O5. The Morgan fingerprint density at radius 2 is 1.53 bits per heavy atom. The Hall–Kier alpha value is -1.39. The fourth-order valence-electron chi connectivity index (χ4n) is 1.46. The number of rotatable bonds is 7. The minimum atomic E-state index is -1.41. The van der Waals surface area contributed by atoms with E-state index in [0.29, 0.717) is 12.8 Å². The molecule has 0 aliphatic rings. The highest BCUT2D eigenvalue weighted by Gasteiger charge is 2.32. The van der Waals surface area contributed by atoms with Crippen LogP contribution >= 0.6 is 0 Å². The molecule has 1 unspecified atom stereocenters. The minimum absolute atomic E-state index is 0.356. The molecule has 0 aliphatic heterocycles. The Bertz CT molecular complexity index is 255. The first kappa shape index (κ1) is 13.6.